The van der Waals surface area contributed by atoms with Gasteiger partial charge in [0.1, 0.15) is 17.1 Å². The molecule has 5 nitrogen and oxygen atoms in total. The van der Waals surface area contributed by atoms with Crippen molar-refractivity contribution in [3.63, 3.8) is 0 Å². The average Bonchev–Trinajstić information content (AvgIpc) is 3.16. The number of benzene rings is 1. The summed E-state index contributed by atoms with van der Waals surface area (Å²) >= 11 is 1.65. The molecule has 4 rings (SSSR count). The van der Waals surface area contributed by atoms with Crippen molar-refractivity contribution in [3.05, 3.63) is 50.8 Å². The lowest BCUT2D eigenvalue weighted by molar-refractivity contribution is 0.409. The number of fused-ring (bicyclic) bond motifs is 1. The maximum Gasteiger partial charge on any atom is 0.195 e. The molecule has 6 heteroatoms. The Balaban J connectivity index is 1.69. The molecule has 0 aliphatic carbocycles. The van der Waals surface area contributed by atoms with Crippen molar-refractivity contribution in [2.24, 2.45) is 0 Å². The number of hydrogen-bond donors (Lipinski definition) is 1. The lowest BCUT2D eigenvalue weighted by Gasteiger charge is -2.31. The molecule has 3 aromatic rings. The number of rotatable bonds is 2. The first-order chi connectivity index (χ1) is 12.1. The van der Waals surface area contributed by atoms with Crippen LogP contribution in [-0.2, 0) is 0 Å². The van der Waals surface area contributed by atoms with Gasteiger partial charge in [-0.3, -0.25) is 4.79 Å². The zero-order chi connectivity index (χ0) is 17.6. The van der Waals surface area contributed by atoms with Gasteiger partial charge in [0, 0.05) is 41.7 Å². The maximum absolute atomic E-state index is 12.7. The summed E-state index contributed by atoms with van der Waals surface area (Å²) < 4.78 is 6.16. The summed E-state index contributed by atoms with van der Waals surface area (Å²) in [6, 6.07) is 3.20. The largest absolute Gasteiger partial charge is 0.508 e. The van der Waals surface area contributed by atoms with Gasteiger partial charge in [0.2, 0.25) is 0 Å². The summed E-state index contributed by atoms with van der Waals surface area (Å²) in [5.41, 5.74) is 1.82. The summed E-state index contributed by atoms with van der Waals surface area (Å²) in [6.07, 6.45) is 3.67. The quantitative estimate of drug-likeness (QED) is 0.753. The molecular formula is C19H20N2O3S. The number of aromatic hydroxyl groups is 1. The van der Waals surface area contributed by atoms with Crippen LogP contribution in [0.15, 0.2) is 32.9 Å². The highest BCUT2D eigenvalue weighted by Crippen LogP contribution is 2.35. The van der Waals surface area contributed by atoms with Crippen LogP contribution >= 0.6 is 11.3 Å². The number of hydrogen-bond acceptors (Lipinski definition) is 6. The van der Waals surface area contributed by atoms with Gasteiger partial charge in [-0.1, -0.05) is 0 Å². The third-order valence-electron chi connectivity index (χ3n) is 5.10. The molecule has 1 aliphatic heterocycles. The first kappa shape index (κ1) is 16.1. The van der Waals surface area contributed by atoms with E-state index in [4.69, 9.17) is 4.42 Å². The molecule has 2 aromatic heterocycles. The standard InChI is InChI=1S/C19H20N2O3S/c1-11-15(22)4-3-14-16(23)12(2)17(24-18(11)14)13-5-8-21(9-6-13)19-20-7-10-25-19/h3-4,7,10,13,22H,5-6,8-9H2,1-2H3. The highest BCUT2D eigenvalue weighted by Gasteiger charge is 2.27. The zero-order valence-corrected chi connectivity index (χ0v) is 15.1. The normalized spacial score (nSPS) is 15.8. The van der Waals surface area contributed by atoms with Gasteiger partial charge >= 0.3 is 0 Å². The van der Waals surface area contributed by atoms with Gasteiger partial charge in [0.05, 0.1) is 5.39 Å². The van der Waals surface area contributed by atoms with Crippen LogP contribution in [0.25, 0.3) is 11.0 Å². The van der Waals surface area contributed by atoms with E-state index in [0.717, 1.165) is 36.8 Å². The number of piperidine rings is 1. The van der Waals surface area contributed by atoms with Crippen LogP contribution in [0.2, 0.25) is 0 Å². The summed E-state index contributed by atoms with van der Waals surface area (Å²) in [6.45, 7) is 5.43. The molecule has 0 atom stereocenters. The maximum atomic E-state index is 12.7. The van der Waals surface area contributed by atoms with Crippen molar-refractivity contribution in [1.29, 1.82) is 0 Å². The van der Waals surface area contributed by atoms with Gasteiger partial charge in [0.25, 0.3) is 0 Å². The molecule has 0 radical (unpaired) electrons. The van der Waals surface area contributed by atoms with Crippen LogP contribution < -0.4 is 10.3 Å². The Morgan fingerprint density at radius 3 is 2.68 bits per heavy atom. The fourth-order valence-electron chi connectivity index (χ4n) is 3.59. The molecule has 0 amide bonds. The zero-order valence-electron chi connectivity index (χ0n) is 14.3. The molecule has 1 N–H and O–H groups in total. The average molecular weight is 356 g/mol. The van der Waals surface area contributed by atoms with Crippen LogP contribution in [0.1, 0.15) is 35.6 Å². The number of thiazole rings is 1. The van der Waals surface area contributed by atoms with Crippen LogP contribution in [-0.4, -0.2) is 23.2 Å². The number of phenolic OH excluding ortho intramolecular Hbond substituents is 1. The lowest BCUT2D eigenvalue weighted by Crippen LogP contribution is -2.33. The van der Waals surface area contributed by atoms with Crippen LogP contribution in [0.5, 0.6) is 5.75 Å². The minimum Gasteiger partial charge on any atom is -0.508 e. The van der Waals surface area contributed by atoms with Gasteiger partial charge in [-0.15, -0.1) is 11.3 Å². The van der Waals surface area contributed by atoms with E-state index in [0.29, 0.717) is 22.1 Å². The van der Waals surface area contributed by atoms with E-state index in [1.807, 2.05) is 18.5 Å². The predicted molar refractivity (Wildman–Crippen MR) is 99.9 cm³/mol. The Morgan fingerprint density at radius 2 is 2.00 bits per heavy atom. The summed E-state index contributed by atoms with van der Waals surface area (Å²) in [5, 5.41) is 13.5. The first-order valence-corrected chi connectivity index (χ1v) is 9.34. The van der Waals surface area contributed by atoms with E-state index in [2.05, 4.69) is 9.88 Å². The van der Waals surface area contributed by atoms with E-state index in [1.165, 1.54) is 0 Å². The molecule has 1 fully saturated rings. The summed E-state index contributed by atoms with van der Waals surface area (Å²) in [4.78, 5) is 19.4. The topological polar surface area (TPSA) is 66.6 Å². The number of aryl methyl sites for hydroxylation is 1. The molecule has 0 spiro atoms. The number of anilines is 1. The number of nitrogens with zero attached hydrogens (tertiary/aromatic N) is 2. The number of aromatic nitrogens is 1. The third kappa shape index (κ3) is 2.70. The molecule has 1 aromatic carbocycles. The molecule has 130 valence electrons. The van der Waals surface area contributed by atoms with Crippen molar-refractivity contribution in [2.45, 2.75) is 32.6 Å². The molecule has 1 saturated heterocycles. The van der Waals surface area contributed by atoms with E-state index in [1.54, 1.807) is 30.4 Å². The van der Waals surface area contributed by atoms with E-state index >= 15 is 0 Å². The molecule has 3 heterocycles. The van der Waals surface area contributed by atoms with Gasteiger partial charge in [-0.25, -0.2) is 4.98 Å². The lowest BCUT2D eigenvalue weighted by atomic mass is 9.91. The van der Waals surface area contributed by atoms with Crippen molar-refractivity contribution in [1.82, 2.24) is 4.98 Å². The highest BCUT2D eigenvalue weighted by molar-refractivity contribution is 7.13. The summed E-state index contributed by atoms with van der Waals surface area (Å²) in [5.74, 6) is 1.14. The van der Waals surface area contributed by atoms with Gasteiger partial charge in [-0.2, -0.15) is 0 Å². The first-order valence-electron chi connectivity index (χ1n) is 8.46. The Hall–Kier alpha value is -2.34. The Labute approximate surface area is 149 Å². The number of phenols is 1. The molecule has 0 saturated carbocycles. The van der Waals surface area contributed by atoms with Crippen molar-refractivity contribution in [2.75, 3.05) is 18.0 Å². The van der Waals surface area contributed by atoms with Gasteiger partial charge in [-0.05, 0) is 38.8 Å². The van der Waals surface area contributed by atoms with E-state index in [9.17, 15) is 9.90 Å². The molecule has 0 unspecified atom stereocenters. The van der Waals surface area contributed by atoms with Crippen molar-refractivity contribution < 1.29 is 9.52 Å². The molecule has 25 heavy (non-hydrogen) atoms. The Kier molecular flexibility index (Phi) is 4.00. The van der Waals surface area contributed by atoms with Crippen molar-refractivity contribution in [3.8, 4) is 5.75 Å². The van der Waals surface area contributed by atoms with Crippen LogP contribution in [0.4, 0.5) is 5.13 Å². The second-order valence-electron chi connectivity index (χ2n) is 6.58. The minimum atomic E-state index is 0.00158. The Bertz CT molecular complexity index is 970. The predicted octanol–water partition coefficient (Wildman–Crippen LogP) is 3.96. The van der Waals surface area contributed by atoms with E-state index < -0.39 is 0 Å². The Morgan fingerprint density at radius 1 is 1.24 bits per heavy atom. The van der Waals surface area contributed by atoms with Crippen LogP contribution in [0.3, 0.4) is 0 Å². The minimum absolute atomic E-state index is 0.00158. The molecule has 1 aliphatic rings. The summed E-state index contributed by atoms with van der Waals surface area (Å²) in [7, 11) is 0. The fraction of sp³-hybridized carbons (Fsp3) is 0.368. The van der Waals surface area contributed by atoms with E-state index in [-0.39, 0.29) is 17.1 Å². The second kappa shape index (κ2) is 6.19. The smallest absolute Gasteiger partial charge is 0.195 e. The highest BCUT2D eigenvalue weighted by atomic mass is 32.1. The molecular weight excluding hydrogens is 336 g/mol. The monoisotopic (exact) mass is 356 g/mol. The van der Waals surface area contributed by atoms with Gasteiger partial charge < -0.3 is 14.4 Å². The van der Waals surface area contributed by atoms with Crippen LogP contribution in [0, 0.1) is 13.8 Å². The van der Waals surface area contributed by atoms with Gasteiger partial charge in [0.15, 0.2) is 10.6 Å². The van der Waals surface area contributed by atoms with Crippen molar-refractivity contribution >= 4 is 27.4 Å². The second-order valence-corrected chi connectivity index (χ2v) is 7.46. The SMILES string of the molecule is Cc1c(C2CCN(c3nccs3)CC2)oc2c(C)c(O)ccc2c1=O. The third-order valence-corrected chi connectivity index (χ3v) is 5.93. The molecule has 0 bridgehead atoms. The fourth-order valence-corrected chi connectivity index (χ4v) is 4.28.